The zero-order valence-corrected chi connectivity index (χ0v) is 21.1. The highest BCUT2D eigenvalue weighted by atomic mass is 35.5. The molecule has 1 aliphatic heterocycles. The molecule has 2 amide bonds. The van der Waals surface area contributed by atoms with Gasteiger partial charge in [-0.2, -0.15) is 0 Å². The van der Waals surface area contributed by atoms with E-state index in [-0.39, 0.29) is 10.7 Å². The number of ether oxygens (including phenoxy) is 2. The van der Waals surface area contributed by atoms with E-state index in [2.05, 4.69) is 5.32 Å². The maximum atomic E-state index is 13.0. The summed E-state index contributed by atoms with van der Waals surface area (Å²) < 4.78 is 11.1. The van der Waals surface area contributed by atoms with E-state index in [4.69, 9.17) is 21.1 Å². The lowest BCUT2D eigenvalue weighted by Gasteiger charge is -2.16. The number of esters is 1. The fourth-order valence-corrected chi connectivity index (χ4v) is 3.98. The number of amides is 2. The number of nitrogens with one attached hydrogen (secondary N) is 1. The first-order valence-corrected chi connectivity index (χ1v) is 11.8. The number of imide groups is 1. The van der Waals surface area contributed by atoms with Crippen molar-refractivity contribution in [3.63, 3.8) is 0 Å². The van der Waals surface area contributed by atoms with Gasteiger partial charge in [0, 0.05) is 5.69 Å². The highest BCUT2D eigenvalue weighted by Crippen LogP contribution is 2.31. The van der Waals surface area contributed by atoms with Crippen LogP contribution in [0.3, 0.4) is 0 Å². The second-order valence-electron chi connectivity index (χ2n) is 8.31. The molecule has 184 valence electrons. The second kappa shape index (κ2) is 10.3. The van der Waals surface area contributed by atoms with Crippen LogP contribution >= 0.6 is 11.6 Å². The maximum absolute atomic E-state index is 13.0. The molecule has 0 atom stereocenters. The van der Waals surface area contributed by atoms with Gasteiger partial charge < -0.3 is 14.8 Å². The van der Waals surface area contributed by atoms with Crippen LogP contribution in [-0.2, 0) is 9.59 Å². The summed E-state index contributed by atoms with van der Waals surface area (Å²) in [6.45, 7) is 8.12. The van der Waals surface area contributed by atoms with E-state index in [9.17, 15) is 14.4 Å². The minimum atomic E-state index is -0.627. The first-order chi connectivity index (χ1) is 17.2. The van der Waals surface area contributed by atoms with Gasteiger partial charge in [0.1, 0.15) is 22.2 Å². The minimum Gasteiger partial charge on any atom is -0.494 e. The molecule has 0 aliphatic carbocycles. The lowest BCUT2D eigenvalue weighted by atomic mass is 10.1. The lowest BCUT2D eigenvalue weighted by molar-refractivity contribution is -0.120. The van der Waals surface area contributed by atoms with E-state index >= 15 is 0 Å². The van der Waals surface area contributed by atoms with Crippen LogP contribution in [0.1, 0.15) is 34.0 Å². The van der Waals surface area contributed by atoms with Crippen LogP contribution in [0.2, 0.25) is 0 Å². The van der Waals surface area contributed by atoms with Crippen LogP contribution in [0.5, 0.6) is 11.5 Å². The Morgan fingerprint density at radius 1 is 0.889 bits per heavy atom. The predicted molar refractivity (Wildman–Crippen MR) is 139 cm³/mol. The first-order valence-electron chi connectivity index (χ1n) is 11.4. The Morgan fingerprint density at radius 2 is 1.53 bits per heavy atom. The summed E-state index contributed by atoms with van der Waals surface area (Å²) in [6, 6.07) is 16.9. The predicted octanol–water partition coefficient (Wildman–Crippen LogP) is 5.67. The Kier molecular flexibility index (Phi) is 7.12. The number of halogens is 1. The number of carbonyl (C=O) groups is 3. The molecule has 0 unspecified atom stereocenters. The number of hydrogen-bond acceptors (Lipinski definition) is 6. The van der Waals surface area contributed by atoms with Crippen LogP contribution in [0, 0.1) is 20.8 Å². The van der Waals surface area contributed by atoms with Crippen molar-refractivity contribution in [2.75, 3.05) is 16.8 Å². The molecule has 1 N–H and O–H groups in total. The first kappa shape index (κ1) is 25.0. The van der Waals surface area contributed by atoms with Gasteiger partial charge in [-0.05, 0) is 92.9 Å². The van der Waals surface area contributed by atoms with E-state index in [1.807, 2.05) is 39.8 Å². The molecule has 0 saturated carbocycles. The van der Waals surface area contributed by atoms with Crippen molar-refractivity contribution in [2.45, 2.75) is 27.7 Å². The van der Waals surface area contributed by atoms with Gasteiger partial charge in [0.15, 0.2) is 0 Å². The quantitative estimate of drug-likeness (QED) is 0.254. The molecule has 1 aliphatic rings. The van der Waals surface area contributed by atoms with Gasteiger partial charge in [0.25, 0.3) is 11.8 Å². The summed E-state index contributed by atoms with van der Waals surface area (Å²) in [5.74, 6) is -0.530. The van der Waals surface area contributed by atoms with Crippen molar-refractivity contribution in [3.8, 4) is 11.5 Å². The molecule has 0 aromatic heterocycles. The standard InChI is InChI=1S/C28H25ClN2O5/c1-5-35-22-14-12-21(13-15-22)31-26(32)23(29)24(27(31)33)30-20-10-8-19(9-11-20)28(34)36-25-17(3)7-6-16(2)18(25)4/h6-15,30H,5H2,1-4H3. The number of aryl methyl sites for hydroxylation is 2. The Balaban J connectivity index is 1.48. The van der Waals surface area contributed by atoms with Crippen LogP contribution in [-0.4, -0.2) is 24.4 Å². The van der Waals surface area contributed by atoms with Gasteiger partial charge in [-0.25, -0.2) is 9.69 Å². The number of carbonyl (C=O) groups excluding carboxylic acids is 3. The Hall–Kier alpha value is -4.10. The van der Waals surface area contributed by atoms with Gasteiger partial charge in [0.05, 0.1) is 17.9 Å². The zero-order valence-electron chi connectivity index (χ0n) is 20.3. The van der Waals surface area contributed by atoms with Crippen LogP contribution in [0.15, 0.2) is 71.4 Å². The third kappa shape index (κ3) is 4.83. The molecule has 3 aromatic carbocycles. The van der Waals surface area contributed by atoms with Crippen LogP contribution in [0.25, 0.3) is 0 Å². The monoisotopic (exact) mass is 504 g/mol. The maximum Gasteiger partial charge on any atom is 0.343 e. The summed E-state index contributed by atoms with van der Waals surface area (Å²) in [4.78, 5) is 39.4. The molecular weight excluding hydrogens is 480 g/mol. The summed E-state index contributed by atoms with van der Waals surface area (Å²) in [6.07, 6.45) is 0. The second-order valence-corrected chi connectivity index (χ2v) is 8.68. The molecule has 0 saturated heterocycles. The fraction of sp³-hybridized carbons (Fsp3) is 0.179. The third-order valence-corrected chi connectivity index (χ3v) is 6.24. The smallest absolute Gasteiger partial charge is 0.343 e. The molecule has 0 bridgehead atoms. The van der Waals surface area contributed by atoms with E-state index in [1.54, 1.807) is 48.5 Å². The van der Waals surface area contributed by atoms with Crippen molar-refractivity contribution in [1.29, 1.82) is 0 Å². The van der Waals surface area contributed by atoms with Crippen molar-refractivity contribution >= 4 is 40.8 Å². The Morgan fingerprint density at radius 3 is 2.17 bits per heavy atom. The highest BCUT2D eigenvalue weighted by Gasteiger charge is 2.39. The van der Waals surface area contributed by atoms with Crippen LogP contribution in [0.4, 0.5) is 11.4 Å². The topological polar surface area (TPSA) is 84.9 Å². The van der Waals surface area contributed by atoms with E-state index < -0.39 is 17.8 Å². The molecule has 0 spiro atoms. The van der Waals surface area contributed by atoms with E-state index in [0.717, 1.165) is 21.6 Å². The van der Waals surface area contributed by atoms with Gasteiger partial charge in [-0.1, -0.05) is 23.7 Å². The molecule has 0 fully saturated rings. The summed E-state index contributed by atoms with van der Waals surface area (Å²) in [5.41, 5.74) is 3.96. The van der Waals surface area contributed by atoms with Crippen molar-refractivity contribution in [2.24, 2.45) is 0 Å². The van der Waals surface area contributed by atoms with Crippen LogP contribution < -0.4 is 19.7 Å². The number of benzene rings is 3. The third-order valence-electron chi connectivity index (χ3n) is 5.89. The van der Waals surface area contributed by atoms with Gasteiger partial charge in [-0.15, -0.1) is 0 Å². The lowest BCUT2D eigenvalue weighted by Crippen LogP contribution is -2.32. The number of rotatable bonds is 7. The van der Waals surface area contributed by atoms with Crippen molar-refractivity contribution in [3.05, 3.63) is 93.6 Å². The summed E-state index contributed by atoms with van der Waals surface area (Å²) in [7, 11) is 0. The van der Waals surface area contributed by atoms with Crippen molar-refractivity contribution in [1.82, 2.24) is 0 Å². The molecule has 3 aromatic rings. The molecule has 1 heterocycles. The number of hydrogen-bond donors (Lipinski definition) is 1. The molecule has 36 heavy (non-hydrogen) atoms. The Bertz CT molecular complexity index is 1380. The zero-order chi connectivity index (χ0) is 26.0. The Labute approximate surface area is 214 Å². The van der Waals surface area contributed by atoms with E-state index in [0.29, 0.717) is 35.0 Å². The van der Waals surface area contributed by atoms with Gasteiger partial charge in [-0.3, -0.25) is 9.59 Å². The summed E-state index contributed by atoms with van der Waals surface area (Å²) in [5, 5.41) is 2.68. The number of anilines is 2. The molecule has 4 rings (SSSR count). The molecular formula is C28H25ClN2O5. The minimum absolute atomic E-state index is 0.0445. The van der Waals surface area contributed by atoms with Gasteiger partial charge in [0.2, 0.25) is 0 Å². The normalized spacial score (nSPS) is 13.3. The fourth-order valence-electron chi connectivity index (χ4n) is 3.77. The average Bonchev–Trinajstić information content (AvgIpc) is 3.08. The molecule has 7 nitrogen and oxygen atoms in total. The van der Waals surface area contributed by atoms with Crippen molar-refractivity contribution < 1.29 is 23.9 Å². The summed E-state index contributed by atoms with van der Waals surface area (Å²) >= 11 is 6.22. The number of nitrogens with zero attached hydrogens (tertiary/aromatic N) is 1. The molecule has 8 heteroatoms. The average molecular weight is 505 g/mol. The SMILES string of the molecule is CCOc1ccc(N2C(=O)C(Cl)=C(Nc3ccc(C(=O)Oc4c(C)ccc(C)c4C)cc3)C2=O)cc1. The van der Waals surface area contributed by atoms with E-state index in [1.165, 1.54) is 0 Å². The highest BCUT2D eigenvalue weighted by molar-refractivity contribution is 6.53. The largest absolute Gasteiger partial charge is 0.494 e. The molecule has 0 radical (unpaired) electrons. The van der Waals surface area contributed by atoms with Gasteiger partial charge >= 0.3 is 5.97 Å².